The summed E-state index contributed by atoms with van der Waals surface area (Å²) in [7, 11) is 3.45. The Labute approximate surface area is 108 Å². The van der Waals surface area contributed by atoms with Crippen LogP contribution in [0.2, 0.25) is 0 Å². The number of primary amides is 1. The van der Waals surface area contributed by atoms with E-state index in [-0.39, 0.29) is 24.5 Å². The van der Waals surface area contributed by atoms with Gasteiger partial charge in [0.2, 0.25) is 5.91 Å². The number of carbonyl (C=O) groups excluding carboxylic acids is 1. The van der Waals surface area contributed by atoms with Gasteiger partial charge in [-0.25, -0.2) is 0 Å². The molecule has 5 heteroatoms. The smallest absolute Gasteiger partial charge is 0.231 e. The fraction of sp³-hybridized carbons (Fsp3) is 0.462. The lowest BCUT2D eigenvalue weighted by Gasteiger charge is -2.30. The van der Waals surface area contributed by atoms with Crippen molar-refractivity contribution in [1.82, 2.24) is 4.90 Å². The number of ether oxygens (including phenoxy) is 1. The molecule has 0 aliphatic carbocycles. The van der Waals surface area contributed by atoms with Crippen LogP contribution in [0.4, 0.5) is 0 Å². The summed E-state index contributed by atoms with van der Waals surface area (Å²) in [4.78, 5) is 12.9. The van der Waals surface area contributed by atoms with Gasteiger partial charge >= 0.3 is 0 Å². The summed E-state index contributed by atoms with van der Waals surface area (Å²) in [5.41, 5.74) is 12.2. The molecule has 0 aliphatic heterocycles. The Bertz CT molecular complexity index is 407. The minimum atomic E-state index is -0.369. The molecular formula is C13H21N3O2. The van der Waals surface area contributed by atoms with Crippen LogP contribution in [0.3, 0.4) is 0 Å². The van der Waals surface area contributed by atoms with Crippen LogP contribution in [-0.4, -0.2) is 37.6 Å². The van der Waals surface area contributed by atoms with Gasteiger partial charge in [0.05, 0.1) is 13.7 Å². The zero-order chi connectivity index (χ0) is 13.7. The lowest BCUT2D eigenvalue weighted by Crippen LogP contribution is -2.41. The van der Waals surface area contributed by atoms with Gasteiger partial charge in [-0.3, -0.25) is 9.69 Å². The molecule has 2 unspecified atom stereocenters. The van der Waals surface area contributed by atoms with E-state index in [9.17, 15) is 4.79 Å². The van der Waals surface area contributed by atoms with E-state index in [1.54, 1.807) is 7.11 Å². The molecule has 0 fully saturated rings. The van der Waals surface area contributed by atoms with Gasteiger partial charge < -0.3 is 16.2 Å². The van der Waals surface area contributed by atoms with Crippen LogP contribution in [-0.2, 0) is 4.79 Å². The summed E-state index contributed by atoms with van der Waals surface area (Å²) < 4.78 is 5.19. The van der Waals surface area contributed by atoms with Crippen molar-refractivity contribution in [3.05, 3.63) is 29.8 Å². The highest BCUT2D eigenvalue weighted by Gasteiger charge is 2.22. The molecule has 1 aromatic carbocycles. The fourth-order valence-electron chi connectivity index (χ4n) is 2.13. The molecule has 1 aromatic rings. The summed E-state index contributed by atoms with van der Waals surface area (Å²) in [6.07, 6.45) is 0. The van der Waals surface area contributed by atoms with Crippen molar-refractivity contribution in [2.45, 2.75) is 19.0 Å². The lowest BCUT2D eigenvalue weighted by molar-refractivity contribution is -0.119. The summed E-state index contributed by atoms with van der Waals surface area (Å²) in [5, 5.41) is 0. The van der Waals surface area contributed by atoms with Crippen molar-refractivity contribution in [2.75, 3.05) is 20.7 Å². The fourth-order valence-corrected chi connectivity index (χ4v) is 2.13. The Morgan fingerprint density at radius 3 is 2.67 bits per heavy atom. The van der Waals surface area contributed by atoms with E-state index in [0.29, 0.717) is 0 Å². The topological polar surface area (TPSA) is 81.6 Å². The molecule has 0 aliphatic rings. The number of nitrogens with two attached hydrogens (primary N) is 2. The van der Waals surface area contributed by atoms with Crippen molar-refractivity contribution in [1.29, 1.82) is 0 Å². The molecule has 5 nitrogen and oxygen atoms in total. The number of nitrogens with zero attached hydrogens (tertiary/aromatic N) is 1. The molecular weight excluding hydrogens is 230 g/mol. The Morgan fingerprint density at radius 2 is 2.17 bits per heavy atom. The molecule has 0 radical (unpaired) electrons. The molecule has 0 bridgehead atoms. The van der Waals surface area contributed by atoms with Crippen LogP contribution in [0.5, 0.6) is 5.75 Å². The van der Waals surface area contributed by atoms with Crippen molar-refractivity contribution in [3.63, 3.8) is 0 Å². The first-order valence-corrected chi connectivity index (χ1v) is 5.83. The standard InChI is InChI=1S/C13H21N3O2/c1-9(14)13(16(2)8-12(15)17)10-5-4-6-11(7-10)18-3/h4-7,9,13H,8,14H2,1-3H3,(H2,15,17). The number of carbonyl (C=O) groups is 1. The molecule has 0 heterocycles. The van der Waals surface area contributed by atoms with Crippen molar-refractivity contribution in [3.8, 4) is 5.75 Å². The Hall–Kier alpha value is -1.59. The number of rotatable bonds is 6. The minimum Gasteiger partial charge on any atom is -0.497 e. The van der Waals surface area contributed by atoms with Gasteiger partial charge in [-0.2, -0.15) is 0 Å². The molecule has 100 valence electrons. The van der Waals surface area contributed by atoms with Crippen LogP contribution in [0, 0.1) is 0 Å². The van der Waals surface area contributed by atoms with Gasteiger partial charge in [-0.15, -0.1) is 0 Å². The molecule has 1 rings (SSSR count). The van der Waals surface area contributed by atoms with Gasteiger partial charge in [0.15, 0.2) is 0 Å². The predicted molar refractivity (Wildman–Crippen MR) is 71.2 cm³/mol. The van der Waals surface area contributed by atoms with Crippen LogP contribution in [0.15, 0.2) is 24.3 Å². The van der Waals surface area contributed by atoms with E-state index in [0.717, 1.165) is 11.3 Å². The average molecular weight is 251 g/mol. The van der Waals surface area contributed by atoms with E-state index in [1.807, 2.05) is 43.1 Å². The highest BCUT2D eigenvalue weighted by Crippen LogP contribution is 2.25. The largest absolute Gasteiger partial charge is 0.497 e. The number of amides is 1. The van der Waals surface area contributed by atoms with E-state index >= 15 is 0 Å². The number of likely N-dealkylation sites (N-methyl/N-ethyl adjacent to an activating group) is 1. The molecule has 0 saturated heterocycles. The SMILES string of the molecule is COc1cccc(C(C(C)N)N(C)CC(N)=O)c1. The lowest BCUT2D eigenvalue weighted by atomic mass is 9.99. The van der Waals surface area contributed by atoms with Crippen LogP contribution in [0.25, 0.3) is 0 Å². The molecule has 0 spiro atoms. The molecule has 4 N–H and O–H groups in total. The van der Waals surface area contributed by atoms with E-state index in [1.165, 1.54) is 0 Å². The number of hydrogen-bond donors (Lipinski definition) is 2. The first-order valence-electron chi connectivity index (χ1n) is 5.83. The van der Waals surface area contributed by atoms with Crippen molar-refractivity contribution < 1.29 is 9.53 Å². The first kappa shape index (κ1) is 14.5. The quantitative estimate of drug-likeness (QED) is 0.771. The second-order valence-corrected chi connectivity index (χ2v) is 4.46. The van der Waals surface area contributed by atoms with Crippen molar-refractivity contribution >= 4 is 5.91 Å². The normalized spacial score (nSPS) is 14.3. The monoisotopic (exact) mass is 251 g/mol. The Balaban J connectivity index is 2.99. The molecule has 0 saturated carbocycles. The summed E-state index contributed by atoms with van der Waals surface area (Å²) in [5.74, 6) is 0.400. The molecule has 2 atom stereocenters. The van der Waals surface area contributed by atoms with E-state index in [4.69, 9.17) is 16.2 Å². The predicted octanol–water partition coefficient (Wildman–Crippen LogP) is 0.501. The number of methoxy groups -OCH3 is 1. The first-order chi connectivity index (χ1) is 8.45. The van der Waals surface area contributed by atoms with Gasteiger partial charge in [0, 0.05) is 12.1 Å². The maximum Gasteiger partial charge on any atom is 0.231 e. The third-order valence-electron chi connectivity index (χ3n) is 2.81. The van der Waals surface area contributed by atoms with Gasteiger partial charge in [-0.1, -0.05) is 12.1 Å². The Morgan fingerprint density at radius 1 is 1.50 bits per heavy atom. The molecule has 0 aromatic heterocycles. The van der Waals surface area contributed by atoms with E-state index in [2.05, 4.69) is 0 Å². The van der Waals surface area contributed by atoms with Crippen LogP contribution >= 0.6 is 0 Å². The number of benzene rings is 1. The maximum absolute atomic E-state index is 11.0. The zero-order valence-electron chi connectivity index (χ0n) is 11.1. The molecule has 1 amide bonds. The maximum atomic E-state index is 11.0. The second kappa shape index (κ2) is 6.37. The molecule has 18 heavy (non-hydrogen) atoms. The highest BCUT2D eigenvalue weighted by molar-refractivity contribution is 5.75. The summed E-state index contributed by atoms with van der Waals surface area (Å²) >= 11 is 0. The van der Waals surface area contributed by atoms with Gasteiger partial charge in [-0.05, 0) is 31.7 Å². The summed E-state index contributed by atoms with van der Waals surface area (Å²) in [6.45, 7) is 2.07. The zero-order valence-corrected chi connectivity index (χ0v) is 11.1. The third-order valence-corrected chi connectivity index (χ3v) is 2.81. The minimum absolute atomic E-state index is 0.0763. The Kier molecular flexibility index (Phi) is 5.12. The van der Waals surface area contributed by atoms with E-state index < -0.39 is 0 Å². The summed E-state index contributed by atoms with van der Waals surface area (Å²) in [6, 6.07) is 7.46. The highest BCUT2D eigenvalue weighted by atomic mass is 16.5. The van der Waals surface area contributed by atoms with Gasteiger partial charge in [0.1, 0.15) is 5.75 Å². The van der Waals surface area contributed by atoms with Crippen LogP contribution < -0.4 is 16.2 Å². The van der Waals surface area contributed by atoms with Crippen LogP contribution in [0.1, 0.15) is 18.5 Å². The van der Waals surface area contributed by atoms with Crippen molar-refractivity contribution in [2.24, 2.45) is 11.5 Å². The number of hydrogen-bond acceptors (Lipinski definition) is 4. The third kappa shape index (κ3) is 3.72. The van der Waals surface area contributed by atoms with Gasteiger partial charge in [0.25, 0.3) is 0 Å². The average Bonchev–Trinajstić information content (AvgIpc) is 2.28. The second-order valence-electron chi connectivity index (χ2n) is 4.46.